The van der Waals surface area contributed by atoms with Gasteiger partial charge < -0.3 is 5.32 Å². The van der Waals surface area contributed by atoms with E-state index >= 15 is 0 Å². The first-order chi connectivity index (χ1) is 14.9. The van der Waals surface area contributed by atoms with Crippen LogP contribution < -0.4 is 10.7 Å². The molecule has 0 aromatic heterocycles. The molecule has 2 N–H and O–H groups in total. The van der Waals surface area contributed by atoms with Gasteiger partial charge in [0.2, 0.25) is 12.3 Å². The van der Waals surface area contributed by atoms with Crippen molar-refractivity contribution in [1.82, 2.24) is 10.7 Å². The van der Waals surface area contributed by atoms with Gasteiger partial charge in [-0.05, 0) is 50.2 Å². The normalized spacial score (nSPS) is 19.3. The number of rotatable bonds is 4. The van der Waals surface area contributed by atoms with Crippen molar-refractivity contribution >= 4 is 18.0 Å². The van der Waals surface area contributed by atoms with Crippen LogP contribution in [0.15, 0.2) is 72.8 Å². The van der Waals surface area contributed by atoms with Gasteiger partial charge in [0, 0.05) is 16.7 Å². The van der Waals surface area contributed by atoms with Crippen LogP contribution in [0, 0.1) is 19.7 Å². The maximum atomic E-state index is 13.3. The van der Waals surface area contributed by atoms with Crippen LogP contribution in [-0.4, -0.2) is 28.8 Å². The Balaban J connectivity index is 1.70. The van der Waals surface area contributed by atoms with Crippen LogP contribution in [0.2, 0.25) is 0 Å². The molecule has 3 aromatic rings. The minimum Gasteiger partial charge on any atom is -0.334 e. The molecule has 6 heteroatoms. The molecule has 1 saturated heterocycles. The lowest BCUT2D eigenvalue weighted by Crippen LogP contribution is -2.42. The first-order valence-corrected chi connectivity index (χ1v) is 10.0. The van der Waals surface area contributed by atoms with Crippen molar-refractivity contribution in [2.24, 2.45) is 0 Å². The summed E-state index contributed by atoms with van der Waals surface area (Å²) < 4.78 is 15.0. The van der Waals surface area contributed by atoms with Gasteiger partial charge in [0.1, 0.15) is 5.82 Å². The van der Waals surface area contributed by atoms with E-state index in [1.807, 2.05) is 50.2 Å². The topological polar surface area (TPSA) is 61.2 Å². The molecule has 2 amide bonds. The van der Waals surface area contributed by atoms with Gasteiger partial charge in [-0.1, -0.05) is 47.5 Å². The lowest BCUT2D eigenvalue weighted by atomic mass is 9.98. The Bertz CT molecular complexity index is 1150. The van der Waals surface area contributed by atoms with E-state index in [0.29, 0.717) is 5.56 Å². The monoisotopic (exact) mass is 416 g/mol. The van der Waals surface area contributed by atoms with E-state index < -0.39 is 12.1 Å². The highest BCUT2D eigenvalue weighted by atomic mass is 19.1. The minimum atomic E-state index is -0.799. The molecular formula is C25H23FN3O2+. The average Bonchev–Trinajstić information content (AvgIpc) is 3.05. The van der Waals surface area contributed by atoms with E-state index in [-0.39, 0.29) is 17.6 Å². The zero-order chi connectivity index (χ0) is 22.0. The second-order valence-corrected chi connectivity index (χ2v) is 7.74. The Labute approximate surface area is 180 Å². The first kappa shape index (κ1) is 20.5. The van der Waals surface area contributed by atoms with Gasteiger partial charge in [-0.25, -0.2) is 4.39 Å². The Morgan fingerprint density at radius 2 is 1.71 bits per heavy atom. The van der Waals surface area contributed by atoms with Gasteiger partial charge in [-0.15, -0.1) is 10.1 Å². The summed E-state index contributed by atoms with van der Waals surface area (Å²) in [6, 6.07) is 19.8. The minimum absolute atomic E-state index is 0.315. The third-order valence-electron chi connectivity index (χ3n) is 5.28. The van der Waals surface area contributed by atoms with Crippen LogP contribution in [0.3, 0.4) is 0 Å². The maximum absolute atomic E-state index is 13.3. The summed E-state index contributed by atoms with van der Waals surface area (Å²) in [6.45, 7) is 3.90. The van der Waals surface area contributed by atoms with E-state index in [1.54, 1.807) is 35.2 Å². The average molecular weight is 416 g/mol. The molecule has 3 aromatic carbocycles. The second-order valence-electron chi connectivity index (χ2n) is 7.74. The fraction of sp³-hybridized carbons (Fsp3) is 0.160. The van der Waals surface area contributed by atoms with Crippen molar-refractivity contribution in [3.63, 3.8) is 0 Å². The highest BCUT2D eigenvalue weighted by Gasteiger charge is 2.47. The summed E-state index contributed by atoms with van der Waals surface area (Å²) in [5.41, 5.74) is 6.98. The molecule has 0 bridgehead atoms. The first-order valence-electron chi connectivity index (χ1n) is 10.0. The van der Waals surface area contributed by atoms with Gasteiger partial charge in [0.05, 0.1) is 0 Å². The lowest BCUT2D eigenvalue weighted by Gasteiger charge is -2.15. The quantitative estimate of drug-likeness (QED) is 0.640. The number of nitrogens with one attached hydrogen (secondary N) is 2. The summed E-state index contributed by atoms with van der Waals surface area (Å²) in [5.74, 6) is -0.962. The SMILES string of the molecule is Cc1ccc([C@H]2[C@@H](NC(=O)c3cccc(C)c3)C(=O)N/[N+]2=C\c2ccc(F)cc2)cc1. The van der Waals surface area contributed by atoms with Crippen LogP contribution in [0.5, 0.6) is 0 Å². The van der Waals surface area contributed by atoms with Crippen molar-refractivity contribution in [3.8, 4) is 0 Å². The van der Waals surface area contributed by atoms with Crippen molar-refractivity contribution in [1.29, 1.82) is 0 Å². The van der Waals surface area contributed by atoms with Gasteiger partial charge in [-0.3, -0.25) is 9.59 Å². The standard InChI is InChI=1S/C25H22FN3O2/c1-16-6-10-19(11-7-16)23-22(27-24(30)20-5-3-4-17(2)14-20)25(31)28-29(23)15-18-8-12-21(26)13-9-18/h3-15,22-23H,1-2H3,(H-,27,28,30,31)/p+1/b29-15-/t22-,23+/m1/s1. The Morgan fingerprint density at radius 3 is 2.39 bits per heavy atom. The predicted molar refractivity (Wildman–Crippen MR) is 116 cm³/mol. The molecule has 2 atom stereocenters. The van der Waals surface area contributed by atoms with Gasteiger partial charge in [0.25, 0.3) is 5.91 Å². The highest BCUT2D eigenvalue weighted by Crippen LogP contribution is 2.26. The number of amides is 2. The fourth-order valence-corrected chi connectivity index (χ4v) is 3.66. The fourth-order valence-electron chi connectivity index (χ4n) is 3.66. The summed E-state index contributed by atoms with van der Waals surface area (Å²) >= 11 is 0. The zero-order valence-corrected chi connectivity index (χ0v) is 17.3. The molecule has 0 radical (unpaired) electrons. The smallest absolute Gasteiger partial charge is 0.304 e. The molecule has 5 nitrogen and oxygen atoms in total. The third kappa shape index (κ3) is 4.53. The summed E-state index contributed by atoms with van der Waals surface area (Å²) in [4.78, 5) is 25.7. The molecule has 1 fully saturated rings. The molecule has 0 spiro atoms. The number of hydrogen-bond acceptors (Lipinski definition) is 2. The molecule has 1 heterocycles. The van der Waals surface area contributed by atoms with Crippen LogP contribution in [0.1, 0.15) is 38.7 Å². The molecule has 1 aliphatic rings. The number of halogens is 1. The largest absolute Gasteiger partial charge is 0.334 e. The Morgan fingerprint density at radius 1 is 1.00 bits per heavy atom. The molecule has 156 valence electrons. The Hall–Kier alpha value is -3.80. The van der Waals surface area contributed by atoms with Crippen molar-refractivity contribution in [2.45, 2.75) is 25.9 Å². The number of hydrogen-bond donors (Lipinski definition) is 2. The number of benzene rings is 3. The lowest BCUT2D eigenvalue weighted by molar-refractivity contribution is -0.596. The maximum Gasteiger partial charge on any atom is 0.304 e. The molecule has 4 rings (SSSR count). The van der Waals surface area contributed by atoms with Crippen LogP contribution in [-0.2, 0) is 4.79 Å². The molecule has 31 heavy (non-hydrogen) atoms. The van der Waals surface area contributed by atoms with Crippen molar-refractivity contribution in [3.05, 3.63) is 106 Å². The highest BCUT2D eigenvalue weighted by molar-refractivity contribution is 5.98. The summed E-state index contributed by atoms with van der Waals surface area (Å²) in [7, 11) is 0. The Kier molecular flexibility index (Phi) is 5.62. The number of nitrogens with zero attached hydrogens (tertiary/aromatic N) is 1. The number of aryl methyl sites for hydroxylation is 2. The van der Waals surface area contributed by atoms with Gasteiger partial charge >= 0.3 is 5.91 Å². The summed E-state index contributed by atoms with van der Waals surface area (Å²) in [5, 5.41) is 2.89. The molecule has 0 unspecified atom stereocenters. The van der Waals surface area contributed by atoms with Crippen LogP contribution >= 0.6 is 0 Å². The van der Waals surface area contributed by atoms with E-state index in [2.05, 4.69) is 10.7 Å². The number of hydrazone groups is 1. The molecule has 0 aliphatic carbocycles. The molecular weight excluding hydrogens is 393 g/mol. The van der Waals surface area contributed by atoms with E-state index in [9.17, 15) is 14.0 Å². The molecule has 0 saturated carbocycles. The zero-order valence-electron chi connectivity index (χ0n) is 17.3. The van der Waals surface area contributed by atoms with Crippen molar-refractivity contribution in [2.75, 3.05) is 0 Å². The summed E-state index contributed by atoms with van der Waals surface area (Å²) in [6.07, 6.45) is 1.74. The van der Waals surface area contributed by atoms with Gasteiger partial charge in [-0.2, -0.15) is 0 Å². The van der Waals surface area contributed by atoms with E-state index in [4.69, 9.17) is 0 Å². The van der Waals surface area contributed by atoms with Gasteiger partial charge in [0.15, 0.2) is 6.04 Å². The van der Waals surface area contributed by atoms with Crippen molar-refractivity contribution < 1.29 is 18.7 Å². The van der Waals surface area contributed by atoms with Crippen LogP contribution in [0.25, 0.3) is 0 Å². The number of hydrazine groups is 1. The third-order valence-corrected chi connectivity index (χ3v) is 5.28. The van der Waals surface area contributed by atoms with E-state index in [1.165, 1.54) is 12.1 Å². The predicted octanol–water partition coefficient (Wildman–Crippen LogP) is 3.46. The second kappa shape index (κ2) is 8.52. The van der Waals surface area contributed by atoms with Crippen LogP contribution in [0.4, 0.5) is 4.39 Å². The number of carbonyl (C=O) groups is 2. The number of carbonyl (C=O) groups excluding carboxylic acids is 2. The van der Waals surface area contributed by atoms with E-state index in [0.717, 1.165) is 22.3 Å². The molecule has 1 aliphatic heterocycles.